The van der Waals surface area contributed by atoms with Crippen molar-refractivity contribution in [3.8, 4) is 0 Å². The van der Waals surface area contributed by atoms with Gasteiger partial charge in [0.25, 0.3) is 5.69 Å². The maximum absolute atomic E-state index is 13.2. The van der Waals surface area contributed by atoms with Crippen LogP contribution in [0.3, 0.4) is 0 Å². The minimum Gasteiger partial charge on any atom is -0.305 e. The Hall–Kier alpha value is -1.57. The number of rotatable bonds is 2. The summed E-state index contributed by atoms with van der Waals surface area (Å²) in [6.07, 6.45) is 0.163. The quantitative estimate of drug-likeness (QED) is 0.477. The van der Waals surface area contributed by atoms with E-state index in [4.69, 9.17) is 0 Å². The summed E-state index contributed by atoms with van der Waals surface area (Å²) >= 11 is 3.21. The Kier molecular flexibility index (Phi) is 3.29. The molecule has 1 aliphatic rings. The molecule has 0 aromatic heterocycles. The number of alkyl halides is 1. The lowest BCUT2D eigenvalue weighted by Crippen LogP contribution is -2.25. The van der Waals surface area contributed by atoms with Crippen LogP contribution < -0.4 is 4.90 Å². The summed E-state index contributed by atoms with van der Waals surface area (Å²) in [6, 6.07) is 1.16. The second-order valence-electron chi connectivity index (χ2n) is 3.82. The van der Waals surface area contributed by atoms with Gasteiger partial charge in [-0.15, -0.1) is 0 Å². The van der Waals surface area contributed by atoms with Gasteiger partial charge in [0.05, 0.1) is 11.0 Å². The van der Waals surface area contributed by atoms with E-state index >= 15 is 0 Å². The van der Waals surface area contributed by atoms with Crippen molar-refractivity contribution >= 4 is 33.2 Å². The molecular weight excluding hydrogens is 314 g/mol. The SMILES string of the molecule is O=C1CC(Br)CN1c1cc(F)c(F)cc1[N+](=O)[O-]. The number of carbonyl (C=O) groups is 1. The van der Waals surface area contributed by atoms with Crippen LogP contribution in [-0.4, -0.2) is 22.2 Å². The van der Waals surface area contributed by atoms with Crippen molar-refractivity contribution in [1.29, 1.82) is 0 Å². The average Bonchev–Trinajstić information content (AvgIpc) is 2.61. The highest BCUT2D eigenvalue weighted by Crippen LogP contribution is 2.34. The Morgan fingerprint density at radius 3 is 2.50 bits per heavy atom. The second-order valence-corrected chi connectivity index (χ2v) is 5.11. The molecule has 18 heavy (non-hydrogen) atoms. The number of nitro groups is 1. The molecule has 0 bridgehead atoms. The minimum absolute atomic E-state index is 0.155. The van der Waals surface area contributed by atoms with E-state index < -0.39 is 22.2 Å². The number of benzene rings is 1. The van der Waals surface area contributed by atoms with Gasteiger partial charge in [-0.3, -0.25) is 14.9 Å². The van der Waals surface area contributed by atoms with Crippen molar-refractivity contribution < 1.29 is 18.5 Å². The Morgan fingerprint density at radius 2 is 2.00 bits per heavy atom. The summed E-state index contributed by atoms with van der Waals surface area (Å²) in [7, 11) is 0. The van der Waals surface area contributed by atoms with Gasteiger partial charge in [0, 0.05) is 23.9 Å². The van der Waals surface area contributed by atoms with Gasteiger partial charge >= 0.3 is 0 Å². The second kappa shape index (κ2) is 4.60. The molecule has 0 radical (unpaired) electrons. The number of anilines is 1. The predicted molar refractivity (Wildman–Crippen MR) is 62.7 cm³/mol. The monoisotopic (exact) mass is 320 g/mol. The largest absolute Gasteiger partial charge is 0.305 e. The van der Waals surface area contributed by atoms with E-state index in [1.807, 2.05) is 0 Å². The van der Waals surface area contributed by atoms with E-state index in [2.05, 4.69) is 15.9 Å². The fourth-order valence-electron chi connectivity index (χ4n) is 1.79. The maximum atomic E-state index is 13.2. The van der Waals surface area contributed by atoms with Crippen molar-refractivity contribution in [2.24, 2.45) is 0 Å². The van der Waals surface area contributed by atoms with E-state index in [0.29, 0.717) is 12.1 Å². The van der Waals surface area contributed by atoms with E-state index in [0.717, 1.165) is 4.90 Å². The molecule has 1 aromatic carbocycles. The van der Waals surface area contributed by atoms with E-state index in [1.54, 1.807) is 0 Å². The van der Waals surface area contributed by atoms with Crippen LogP contribution in [0.1, 0.15) is 6.42 Å². The molecular formula is C10H7BrF2N2O3. The summed E-state index contributed by atoms with van der Waals surface area (Å²) in [5.41, 5.74) is -0.838. The number of nitro benzene ring substituents is 1. The summed E-state index contributed by atoms with van der Waals surface area (Å²) in [4.78, 5) is 22.5. The molecule has 1 aliphatic heterocycles. The maximum Gasteiger partial charge on any atom is 0.296 e. The molecule has 1 fully saturated rings. The van der Waals surface area contributed by atoms with Crippen LogP contribution >= 0.6 is 15.9 Å². The molecule has 0 N–H and O–H groups in total. The minimum atomic E-state index is -1.31. The van der Waals surface area contributed by atoms with Gasteiger partial charge in [0.1, 0.15) is 5.69 Å². The first-order valence-corrected chi connectivity index (χ1v) is 5.89. The first-order valence-electron chi connectivity index (χ1n) is 4.98. The zero-order chi connectivity index (χ0) is 13.4. The molecule has 1 amide bonds. The van der Waals surface area contributed by atoms with Gasteiger partial charge in [0.2, 0.25) is 5.91 Å². The zero-order valence-corrected chi connectivity index (χ0v) is 10.5. The number of hydrogen-bond acceptors (Lipinski definition) is 3. The highest BCUT2D eigenvalue weighted by molar-refractivity contribution is 9.09. The first kappa shape index (κ1) is 12.9. The third-order valence-electron chi connectivity index (χ3n) is 2.58. The van der Waals surface area contributed by atoms with Crippen LogP contribution in [0.25, 0.3) is 0 Å². The lowest BCUT2D eigenvalue weighted by molar-refractivity contribution is -0.384. The molecule has 5 nitrogen and oxygen atoms in total. The zero-order valence-electron chi connectivity index (χ0n) is 8.90. The lowest BCUT2D eigenvalue weighted by atomic mass is 10.2. The highest BCUT2D eigenvalue weighted by Gasteiger charge is 2.34. The van der Waals surface area contributed by atoms with Crippen LogP contribution in [-0.2, 0) is 4.79 Å². The van der Waals surface area contributed by atoms with Crippen LogP contribution in [0.15, 0.2) is 12.1 Å². The molecule has 1 saturated heterocycles. The van der Waals surface area contributed by atoms with Crippen LogP contribution in [0, 0.1) is 21.7 Å². The molecule has 0 saturated carbocycles. The lowest BCUT2D eigenvalue weighted by Gasteiger charge is -2.16. The van der Waals surface area contributed by atoms with Gasteiger partial charge in [-0.2, -0.15) is 0 Å². The van der Waals surface area contributed by atoms with Gasteiger partial charge in [-0.05, 0) is 0 Å². The molecule has 1 aromatic rings. The molecule has 0 spiro atoms. The molecule has 96 valence electrons. The van der Waals surface area contributed by atoms with Gasteiger partial charge < -0.3 is 4.90 Å². The van der Waals surface area contributed by atoms with Crippen LogP contribution in [0.2, 0.25) is 0 Å². The van der Waals surface area contributed by atoms with Crippen molar-refractivity contribution in [3.63, 3.8) is 0 Å². The normalized spacial score (nSPS) is 19.4. The third-order valence-corrected chi connectivity index (χ3v) is 3.20. The van der Waals surface area contributed by atoms with Crippen molar-refractivity contribution in [2.75, 3.05) is 11.4 Å². The van der Waals surface area contributed by atoms with Gasteiger partial charge in [-0.1, -0.05) is 15.9 Å². The third kappa shape index (κ3) is 2.20. The Bertz CT molecular complexity index is 538. The average molecular weight is 321 g/mol. The van der Waals surface area contributed by atoms with Crippen molar-refractivity contribution in [3.05, 3.63) is 33.9 Å². The molecule has 8 heteroatoms. The van der Waals surface area contributed by atoms with Gasteiger partial charge in [-0.25, -0.2) is 8.78 Å². The Morgan fingerprint density at radius 1 is 1.39 bits per heavy atom. The van der Waals surface area contributed by atoms with Crippen LogP contribution in [0.4, 0.5) is 20.2 Å². The number of hydrogen-bond donors (Lipinski definition) is 0. The molecule has 1 heterocycles. The molecule has 2 rings (SSSR count). The van der Waals surface area contributed by atoms with E-state index in [9.17, 15) is 23.7 Å². The van der Waals surface area contributed by atoms with Crippen LogP contribution in [0.5, 0.6) is 0 Å². The summed E-state index contributed by atoms with van der Waals surface area (Å²) in [5, 5.41) is 10.8. The fraction of sp³-hybridized carbons (Fsp3) is 0.300. The number of carbonyl (C=O) groups excluding carboxylic acids is 1. The summed E-state index contributed by atoms with van der Waals surface area (Å²) < 4.78 is 26.1. The summed E-state index contributed by atoms with van der Waals surface area (Å²) in [6.45, 7) is 0.185. The number of nitrogens with zero attached hydrogens (tertiary/aromatic N) is 2. The Balaban J connectivity index is 2.52. The smallest absolute Gasteiger partial charge is 0.296 e. The van der Waals surface area contributed by atoms with E-state index in [-0.39, 0.29) is 29.4 Å². The topological polar surface area (TPSA) is 63.5 Å². The Labute approximate surface area is 109 Å². The van der Waals surface area contributed by atoms with Crippen molar-refractivity contribution in [2.45, 2.75) is 11.2 Å². The number of amides is 1. The van der Waals surface area contributed by atoms with Gasteiger partial charge in [0.15, 0.2) is 11.6 Å². The molecule has 0 aliphatic carbocycles. The molecule has 1 unspecified atom stereocenters. The first-order chi connectivity index (χ1) is 8.40. The van der Waals surface area contributed by atoms with E-state index in [1.165, 1.54) is 0 Å². The highest BCUT2D eigenvalue weighted by atomic mass is 79.9. The predicted octanol–water partition coefficient (Wildman–Crippen LogP) is 2.37. The molecule has 1 atom stereocenters. The standard InChI is InChI=1S/C10H7BrF2N2O3/c11-5-1-10(16)14(4-5)8-2-6(12)7(13)3-9(8)15(17)18/h2-3,5H,1,4H2. The van der Waals surface area contributed by atoms with Crippen molar-refractivity contribution in [1.82, 2.24) is 0 Å². The fourth-order valence-corrected chi connectivity index (χ4v) is 2.35. The summed E-state index contributed by atoms with van der Waals surface area (Å²) in [5.74, 6) is -2.90. The number of halogens is 3.